The maximum atomic E-state index is 7.08. The summed E-state index contributed by atoms with van der Waals surface area (Å²) in [6.07, 6.45) is 2.52. The molecule has 15 heavy (non-hydrogen) atoms. The zero-order valence-corrected chi connectivity index (χ0v) is 13.4. The molecule has 92 valence electrons. The van der Waals surface area contributed by atoms with Gasteiger partial charge in [-0.15, -0.1) is 0 Å². The van der Waals surface area contributed by atoms with Gasteiger partial charge < -0.3 is 0 Å². The third-order valence-electron chi connectivity index (χ3n) is 3.62. The van der Waals surface area contributed by atoms with Crippen LogP contribution >= 0.6 is 11.1 Å². The summed E-state index contributed by atoms with van der Waals surface area (Å²) >= 11 is 7.08. The number of hydrogen-bond acceptors (Lipinski definition) is 0. The van der Waals surface area contributed by atoms with Crippen molar-refractivity contribution in [1.29, 1.82) is 0 Å². The second-order valence-electron chi connectivity index (χ2n) is 6.25. The number of hydrogen-bond donors (Lipinski definition) is 0. The Bertz CT molecular complexity index is 187. The molecule has 0 saturated carbocycles. The third kappa shape index (κ3) is 3.78. The van der Waals surface area contributed by atoms with Crippen LogP contribution in [0.3, 0.4) is 0 Å². The standard InChI is InChI=1S/C13H29ClSi/c1-8-9-13(6,7)15(14,12(4)5)10-11(2)3/h11-12H,8-10H2,1-7H3. The van der Waals surface area contributed by atoms with E-state index in [9.17, 15) is 0 Å². The van der Waals surface area contributed by atoms with Crippen molar-refractivity contribution < 1.29 is 0 Å². The van der Waals surface area contributed by atoms with Crippen LogP contribution in [0.25, 0.3) is 0 Å². The van der Waals surface area contributed by atoms with E-state index in [-0.39, 0.29) is 0 Å². The Morgan fingerprint density at radius 2 is 1.60 bits per heavy atom. The van der Waals surface area contributed by atoms with Gasteiger partial charge in [-0.05, 0) is 29.0 Å². The van der Waals surface area contributed by atoms with E-state index < -0.39 is 7.38 Å². The molecule has 0 aromatic carbocycles. The Hall–Kier alpha value is 0.507. The summed E-state index contributed by atoms with van der Waals surface area (Å²) in [4.78, 5) is 0. The average Bonchev–Trinajstić information content (AvgIpc) is 2.01. The zero-order valence-electron chi connectivity index (χ0n) is 11.7. The molecule has 2 heteroatoms. The molecule has 0 aromatic rings. The van der Waals surface area contributed by atoms with Gasteiger partial charge in [0.05, 0.1) is 0 Å². The lowest BCUT2D eigenvalue weighted by Gasteiger charge is -2.44. The fraction of sp³-hybridized carbons (Fsp3) is 1.00. The molecule has 0 nitrogen and oxygen atoms in total. The first-order valence-corrected chi connectivity index (χ1v) is 9.66. The fourth-order valence-corrected chi connectivity index (χ4v) is 8.37. The van der Waals surface area contributed by atoms with Crippen molar-refractivity contribution in [3.05, 3.63) is 0 Å². The third-order valence-corrected chi connectivity index (χ3v) is 12.7. The average molecular weight is 249 g/mol. The summed E-state index contributed by atoms with van der Waals surface area (Å²) in [6, 6.07) is 1.25. The summed E-state index contributed by atoms with van der Waals surface area (Å²) in [5, 5.41) is 0.363. The van der Waals surface area contributed by atoms with Gasteiger partial charge in [-0.2, -0.15) is 11.1 Å². The minimum absolute atomic E-state index is 0.363. The quantitative estimate of drug-likeness (QED) is 0.411. The molecule has 0 heterocycles. The number of rotatable bonds is 6. The maximum Gasteiger partial charge on any atom is 0.164 e. The van der Waals surface area contributed by atoms with Gasteiger partial charge in [-0.3, -0.25) is 0 Å². The van der Waals surface area contributed by atoms with Crippen molar-refractivity contribution >= 4 is 18.5 Å². The Labute approximate surface area is 103 Å². The summed E-state index contributed by atoms with van der Waals surface area (Å²) in [6.45, 7) is 16.3. The fourth-order valence-electron chi connectivity index (χ4n) is 2.72. The van der Waals surface area contributed by atoms with Crippen LogP contribution in [0.2, 0.25) is 16.6 Å². The normalized spacial score (nSPS) is 17.2. The topological polar surface area (TPSA) is 0 Å². The zero-order chi connectivity index (χ0) is 12.3. The van der Waals surface area contributed by atoms with Gasteiger partial charge in [-0.25, -0.2) is 0 Å². The highest BCUT2D eigenvalue weighted by molar-refractivity contribution is 7.22. The van der Waals surface area contributed by atoms with Crippen molar-refractivity contribution in [3.8, 4) is 0 Å². The molecule has 0 bridgehead atoms. The van der Waals surface area contributed by atoms with Crippen LogP contribution in [-0.4, -0.2) is 7.38 Å². The minimum atomic E-state index is -1.67. The van der Waals surface area contributed by atoms with E-state index in [4.69, 9.17) is 11.1 Å². The molecule has 0 fully saturated rings. The Balaban J connectivity index is 4.92. The summed E-state index contributed by atoms with van der Waals surface area (Å²) < 4.78 is 0. The van der Waals surface area contributed by atoms with E-state index in [1.54, 1.807) is 0 Å². The second-order valence-corrected chi connectivity index (χ2v) is 12.9. The number of halogens is 1. The molecule has 1 atom stereocenters. The van der Waals surface area contributed by atoms with E-state index in [1.165, 1.54) is 18.9 Å². The van der Waals surface area contributed by atoms with Crippen LogP contribution in [0, 0.1) is 5.92 Å². The molecule has 0 rings (SSSR count). The van der Waals surface area contributed by atoms with Crippen molar-refractivity contribution in [3.63, 3.8) is 0 Å². The van der Waals surface area contributed by atoms with Crippen LogP contribution in [0.1, 0.15) is 61.3 Å². The Morgan fingerprint density at radius 3 is 1.87 bits per heavy atom. The second kappa shape index (κ2) is 5.72. The molecule has 0 aromatic heterocycles. The SMILES string of the molecule is CCCC(C)(C)[Si](Cl)(CC(C)C)C(C)C. The van der Waals surface area contributed by atoms with Gasteiger partial charge in [0.15, 0.2) is 7.38 Å². The summed E-state index contributed by atoms with van der Waals surface area (Å²) in [7, 11) is -1.67. The largest absolute Gasteiger partial charge is 0.166 e. The van der Waals surface area contributed by atoms with Crippen LogP contribution < -0.4 is 0 Å². The molecule has 0 saturated heterocycles. The van der Waals surface area contributed by atoms with Gasteiger partial charge in [-0.1, -0.05) is 54.9 Å². The van der Waals surface area contributed by atoms with E-state index in [1.807, 2.05) is 0 Å². The van der Waals surface area contributed by atoms with E-state index in [2.05, 4.69) is 48.5 Å². The van der Waals surface area contributed by atoms with Crippen LogP contribution in [-0.2, 0) is 0 Å². The molecule has 0 N–H and O–H groups in total. The van der Waals surface area contributed by atoms with Gasteiger partial charge in [0.25, 0.3) is 0 Å². The first-order chi connectivity index (χ1) is 6.67. The predicted molar refractivity (Wildman–Crippen MR) is 75.3 cm³/mol. The van der Waals surface area contributed by atoms with Gasteiger partial charge in [0.1, 0.15) is 0 Å². The van der Waals surface area contributed by atoms with Crippen LogP contribution in [0.5, 0.6) is 0 Å². The lowest BCUT2D eigenvalue weighted by atomic mass is 10.1. The summed E-state index contributed by atoms with van der Waals surface area (Å²) in [5.41, 5.74) is 0.670. The van der Waals surface area contributed by atoms with Crippen molar-refractivity contribution in [2.45, 2.75) is 77.9 Å². The first-order valence-electron chi connectivity index (χ1n) is 6.36. The molecular formula is C13H29ClSi. The van der Waals surface area contributed by atoms with E-state index >= 15 is 0 Å². The smallest absolute Gasteiger partial charge is 0.164 e. The highest BCUT2D eigenvalue weighted by atomic mass is 35.6. The van der Waals surface area contributed by atoms with Gasteiger partial charge in [0, 0.05) is 0 Å². The lowest BCUT2D eigenvalue weighted by Crippen LogP contribution is -2.43. The molecule has 1 unspecified atom stereocenters. The van der Waals surface area contributed by atoms with Crippen LogP contribution in [0.15, 0.2) is 0 Å². The molecule has 0 amide bonds. The van der Waals surface area contributed by atoms with Crippen molar-refractivity contribution in [2.24, 2.45) is 5.92 Å². The molecular weight excluding hydrogens is 220 g/mol. The lowest BCUT2D eigenvalue weighted by molar-refractivity contribution is 0.552. The Kier molecular flexibility index (Phi) is 5.92. The van der Waals surface area contributed by atoms with E-state index in [0.29, 0.717) is 10.6 Å². The van der Waals surface area contributed by atoms with Crippen LogP contribution in [0.4, 0.5) is 0 Å². The molecule has 0 aliphatic carbocycles. The molecule has 0 aliphatic rings. The molecule has 0 aliphatic heterocycles. The van der Waals surface area contributed by atoms with Crippen molar-refractivity contribution in [1.82, 2.24) is 0 Å². The molecule has 0 spiro atoms. The first kappa shape index (κ1) is 15.5. The van der Waals surface area contributed by atoms with Crippen molar-refractivity contribution in [2.75, 3.05) is 0 Å². The monoisotopic (exact) mass is 248 g/mol. The van der Waals surface area contributed by atoms with E-state index in [0.717, 1.165) is 5.92 Å². The summed E-state index contributed by atoms with van der Waals surface area (Å²) in [5.74, 6) is 0.729. The van der Waals surface area contributed by atoms with Gasteiger partial charge >= 0.3 is 0 Å². The highest BCUT2D eigenvalue weighted by Gasteiger charge is 2.48. The maximum absolute atomic E-state index is 7.08. The highest BCUT2D eigenvalue weighted by Crippen LogP contribution is 2.53. The molecule has 0 radical (unpaired) electrons. The van der Waals surface area contributed by atoms with Gasteiger partial charge in [0.2, 0.25) is 0 Å². The Morgan fingerprint density at radius 1 is 1.13 bits per heavy atom. The predicted octanol–water partition coefficient (Wildman–Crippen LogP) is 5.82. The minimum Gasteiger partial charge on any atom is -0.166 e.